The molecule has 31 heavy (non-hydrogen) atoms. The van der Waals surface area contributed by atoms with Crippen LogP contribution in [0.2, 0.25) is 0 Å². The Morgan fingerprint density at radius 1 is 0.935 bits per heavy atom. The van der Waals surface area contributed by atoms with E-state index in [2.05, 4.69) is 49.4 Å². The van der Waals surface area contributed by atoms with Crippen molar-refractivity contribution in [3.8, 4) is 0 Å². The summed E-state index contributed by atoms with van der Waals surface area (Å²) in [6.07, 6.45) is 9.72. The minimum Gasteiger partial charge on any atom is -0.394 e. The highest BCUT2D eigenvalue weighted by Gasteiger charge is 2.44. The Hall–Kier alpha value is -1.68. The second-order valence-electron chi connectivity index (χ2n) is 10.4. The highest BCUT2D eigenvalue weighted by molar-refractivity contribution is 5.37. The zero-order chi connectivity index (χ0) is 21.4. The molecule has 3 atom stereocenters. The number of ether oxygens (including phenoxy) is 1. The van der Waals surface area contributed by atoms with Crippen LogP contribution >= 0.6 is 0 Å². The third kappa shape index (κ3) is 4.74. The first-order valence-electron chi connectivity index (χ1n) is 12.2. The van der Waals surface area contributed by atoms with E-state index in [1.807, 2.05) is 0 Å². The molecular formula is C28H36O3. The molecule has 1 spiro atoms. The molecule has 3 heteroatoms. The standard InChI is InChI=1S/C28H36O3/c1-19-2-5-23(27-17-25(30)16-26(18-29)31-27)15-24(19)14-20-3-6-21(7-4-20)22-8-10-28(11-9-22)12-13-28/h2-7,15,22,25-27,29-30H,8-14,16-18H2,1H3/t25?,26?,27-/m1/s1. The summed E-state index contributed by atoms with van der Waals surface area (Å²) in [5.74, 6) is 0.750. The van der Waals surface area contributed by atoms with Gasteiger partial charge >= 0.3 is 0 Å². The molecule has 3 aliphatic rings. The molecule has 2 unspecified atom stereocenters. The maximum absolute atomic E-state index is 10.2. The van der Waals surface area contributed by atoms with Gasteiger partial charge in [0.15, 0.2) is 0 Å². The molecule has 0 bridgehead atoms. The molecule has 5 rings (SSSR count). The predicted octanol–water partition coefficient (Wildman–Crippen LogP) is 5.60. The van der Waals surface area contributed by atoms with Crippen molar-refractivity contribution in [3.63, 3.8) is 0 Å². The largest absolute Gasteiger partial charge is 0.394 e. The summed E-state index contributed by atoms with van der Waals surface area (Å²) in [4.78, 5) is 0. The summed E-state index contributed by atoms with van der Waals surface area (Å²) in [5.41, 5.74) is 7.31. The van der Waals surface area contributed by atoms with Crippen molar-refractivity contribution in [2.45, 2.75) is 88.9 Å². The van der Waals surface area contributed by atoms with E-state index in [1.165, 1.54) is 60.8 Å². The van der Waals surface area contributed by atoms with Gasteiger partial charge in [0.05, 0.1) is 24.9 Å². The fourth-order valence-electron chi connectivity index (χ4n) is 5.77. The van der Waals surface area contributed by atoms with Gasteiger partial charge in [-0.15, -0.1) is 0 Å². The van der Waals surface area contributed by atoms with Crippen LogP contribution < -0.4 is 0 Å². The first-order valence-corrected chi connectivity index (χ1v) is 12.2. The van der Waals surface area contributed by atoms with Crippen molar-refractivity contribution in [1.29, 1.82) is 0 Å². The highest BCUT2D eigenvalue weighted by atomic mass is 16.5. The average Bonchev–Trinajstić information content (AvgIpc) is 3.54. The van der Waals surface area contributed by atoms with Crippen molar-refractivity contribution in [1.82, 2.24) is 0 Å². The Labute approximate surface area is 186 Å². The number of hydrogen-bond acceptors (Lipinski definition) is 3. The summed E-state index contributed by atoms with van der Waals surface area (Å²) in [6, 6.07) is 15.8. The SMILES string of the molecule is Cc1ccc([C@H]2CC(O)CC(CO)O2)cc1Cc1ccc(C2CCC3(CC2)CC3)cc1. The van der Waals surface area contributed by atoms with E-state index < -0.39 is 6.10 Å². The molecular weight excluding hydrogens is 384 g/mol. The molecule has 3 nitrogen and oxygen atoms in total. The second kappa shape index (κ2) is 8.69. The van der Waals surface area contributed by atoms with Crippen LogP contribution in [-0.2, 0) is 11.2 Å². The third-order valence-corrected chi connectivity index (χ3v) is 8.18. The van der Waals surface area contributed by atoms with Crippen molar-refractivity contribution in [3.05, 3.63) is 70.3 Å². The van der Waals surface area contributed by atoms with Gasteiger partial charge < -0.3 is 14.9 Å². The first-order chi connectivity index (χ1) is 15.0. The van der Waals surface area contributed by atoms with Crippen LogP contribution in [0.15, 0.2) is 42.5 Å². The smallest absolute Gasteiger partial charge is 0.0854 e. The maximum atomic E-state index is 10.2. The van der Waals surface area contributed by atoms with Gasteiger partial charge in [0.25, 0.3) is 0 Å². The predicted molar refractivity (Wildman–Crippen MR) is 123 cm³/mol. The van der Waals surface area contributed by atoms with Gasteiger partial charge in [-0.25, -0.2) is 0 Å². The second-order valence-corrected chi connectivity index (χ2v) is 10.4. The number of benzene rings is 2. The van der Waals surface area contributed by atoms with E-state index in [4.69, 9.17) is 4.74 Å². The minimum atomic E-state index is -0.414. The molecule has 0 amide bonds. The number of aryl methyl sites for hydroxylation is 1. The lowest BCUT2D eigenvalue weighted by Gasteiger charge is -2.32. The van der Waals surface area contributed by atoms with Crippen molar-refractivity contribution >= 4 is 0 Å². The molecule has 2 aromatic carbocycles. The quantitative estimate of drug-likeness (QED) is 0.662. The summed E-state index contributed by atoms with van der Waals surface area (Å²) < 4.78 is 6.03. The van der Waals surface area contributed by atoms with Crippen molar-refractivity contribution in [2.75, 3.05) is 6.61 Å². The fourth-order valence-corrected chi connectivity index (χ4v) is 5.77. The molecule has 2 saturated carbocycles. The van der Waals surface area contributed by atoms with Crippen LogP contribution in [-0.4, -0.2) is 29.0 Å². The molecule has 1 aliphatic heterocycles. The normalized spacial score (nSPS) is 28.0. The van der Waals surface area contributed by atoms with Crippen LogP contribution in [0.25, 0.3) is 0 Å². The van der Waals surface area contributed by atoms with E-state index in [0.29, 0.717) is 12.8 Å². The Bertz CT molecular complexity index is 889. The lowest BCUT2D eigenvalue weighted by molar-refractivity contribution is -0.113. The summed E-state index contributed by atoms with van der Waals surface area (Å²) in [7, 11) is 0. The van der Waals surface area contributed by atoms with Crippen LogP contribution in [0.4, 0.5) is 0 Å². The van der Waals surface area contributed by atoms with Gasteiger partial charge in [0.1, 0.15) is 0 Å². The number of rotatable bonds is 5. The van der Waals surface area contributed by atoms with Crippen molar-refractivity contribution in [2.24, 2.45) is 5.41 Å². The van der Waals surface area contributed by atoms with E-state index in [1.54, 1.807) is 0 Å². The Morgan fingerprint density at radius 3 is 2.32 bits per heavy atom. The molecule has 0 aromatic heterocycles. The van der Waals surface area contributed by atoms with E-state index in [9.17, 15) is 10.2 Å². The number of hydrogen-bond donors (Lipinski definition) is 2. The number of aliphatic hydroxyl groups is 2. The van der Waals surface area contributed by atoms with Gasteiger partial charge in [-0.05, 0) is 91.0 Å². The van der Waals surface area contributed by atoms with Gasteiger partial charge in [-0.2, -0.15) is 0 Å². The zero-order valence-corrected chi connectivity index (χ0v) is 18.7. The van der Waals surface area contributed by atoms with E-state index >= 15 is 0 Å². The molecule has 2 N–H and O–H groups in total. The third-order valence-electron chi connectivity index (χ3n) is 8.18. The molecule has 1 saturated heterocycles. The maximum Gasteiger partial charge on any atom is 0.0854 e. The van der Waals surface area contributed by atoms with E-state index in [-0.39, 0.29) is 18.8 Å². The Morgan fingerprint density at radius 2 is 1.65 bits per heavy atom. The van der Waals surface area contributed by atoms with Gasteiger partial charge in [-0.1, -0.05) is 42.5 Å². The topological polar surface area (TPSA) is 49.7 Å². The summed E-state index contributed by atoms with van der Waals surface area (Å²) in [5, 5.41) is 19.7. The summed E-state index contributed by atoms with van der Waals surface area (Å²) in [6.45, 7) is 2.12. The molecule has 2 aromatic rings. The fraction of sp³-hybridized carbons (Fsp3) is 0.571. The van der Waals surface area contributed by atoms with Crippen LogP contribution in [0.5, 0.6) is 0 Å². The highest BCUT2D eigenvalue weighted by Crippen LogP contribution is 2.58. The van der Waals surface area contributed by atoms with Crippen LogP contribution in [0, 0.1) is 12.3 Å². The molecule has 0 radical (unpaired) electrons. The first kappa shape index (κ1) is 21.2. The van der Waals surface area contributed by atoms with E-state index in [0.717, 1.165) is 23.3 Å². The van der Waals surface area contributed by atoms with Gasteiger partial charge in [0.2, 0.25) is 0 Å². The Balaban J connectivity index is 1.27. The molecule has 3 fully saturated rings. The Kier molecular flexibility index (Phi) is 5.94. The minimum absolute atomic E-state index is 0.0411. The monoisotopic (exact) mass is 420 g/mol. The average molecular weight is 421 g/mol. The van der Waals surface area contributed by atoms with Gasteiger partial charge in [0, 0.05) is 12.8 Å². The lowest BCUT2D eigenvalue weighted by Crippen LogP contribution is -2.33. The molecule has 166 valence electrons. The number of aliphatic hydroxyl groups excluding tert-OH is 2. The zero-order valence-electron chi connectivity index (χ0n) is 18.7. The lowest BCUT2D eigenvalue weighted by atomic mass is 9.77. The van der Waals surface area contributed by atoms with Gasteiger partial charge in [-0.3, -0.25) is 0 Å². The van der Waals surface area contributed by atoms with Crippen molar-refractivity contribution < 1.29 is 14.9 Å². The van der Waals surface area contributed by atoms with Crippen LogP contribution in [0.1, 0.15) is 91.2 Å². The van der Waals surface area contributed by atoms with Crippen LogP contribution in [0.3, 0.4) is 0 Å². The summed E-state index contributed by atoms with van der Waals surface area (Å²) >= 11 is 0. The molecule has 2 aliphatic carbocycles. The molecule has 1 heterocycles.